The summed E-state index contributed by atoms with van der Waals surface area (Å²) in [6.45, 7) is 3.74. The summed E-state index contributed by atoms with van der Waals surface area (Å²) in [6, 6.07) is 4.19. The molecular formula is C15H19ClN2O. The summed E-state index contributed by atoms with van der Waals surface area (Å²) in [5.74, 6) is 0.820. The van der Waals surface area contributed by atoms with Crippen LogP contribution >= 0.6 is 11.6 Å². The van der Waals surface area contributed by atoms with Gasteiger partial charge in [0.25, 0.3) is 5.91 Å². The van der Waals surface area contributed by atoms with Crippen LogP contribution in [0.2, 0.25) is 5.02 Å². The van der Waals surface area contributed by atoms with Gasteiger partial charge in [-0.3, -0.25) is 4.79 Å². The summed E-state index contributed by atoms with van der Waals surface area (Å²) in [6.07, 6.45) is 4.05. The Morgan fingerprint density at radius 1 is 1.47 bits per heavy atom. The molecule has 1 saturated carbocycles. The third kappa shape index (κ3) is 2.49. The number of halogens is 1. The van der Waals surface area contributed by atoms with Crippen molar-refractivity contribution in [1.82, 2.24) is 10.6 Å². The number of rotatable bonds is 4. The lowest BCUT2D eigenvalue weighted by molar-refractivity contribution is 0.0965. The van der Waals surface area contributed by atoms with Crippen LogP contribution in [0.1, 0.15) is 53.7 Å². The zero-order chi connectivity index (χ0) is 13.4. The molecule has 0 bridgehead atoms. The number of nitrogens with one attached hydrogen (secondary N) is 2. The van der Waals surface area contributed by atoms with Crippen molar-refractivity contribution in [2.24, 2.45) is 5.92 Å². The van der Waals surface area contributed by atoms with E-state index < -0.39 is 0 Å². The first kappa shape index (κ1) is 12.9. The molecule has 1 amide bonds. The second kappa shape index (κ2) is 5.14. The summed E-state index contributed by atoms with van der Waals surface area (Å²) >= 11 is 6.27. The molecule has 1 fully saturated rings. The molecule has 1 aromatic carbocycles. The van der Waals surface area contributed by atoms with Crippen molar-refractivity contribution in [3.05, 3.63) is 33.8 Å². The molecule has 0 spiro atoms. The van der Waals surface area contributed by atoms with E-state index in [9.17, 15) is 4.79 Å². The quantitative estimate of drug-likeness (QED) is 0.889. The smallest absolute Gasteiger partial charge is 0.251 e. The Morgan fingerprint density at radius 3 is 2.95 bits per heavy atom. The minimum atomic E-state index is -0.00931. The monoisotopic (exact) mass is 278 g/mol. The highest BCUT2D eigenvalue weighted by Crippen LogP contribution is 2.30. The van der Waals surface area contributed by atoms with Gasteiger partial charge in [-0.05, 0) is 49.9 Å². The number of amides is 1. The summed E-state index contributed by atoms with van der Waals surface area (Å²) in [4.78, 5) is 11.7. The molecule has 2 N–H and O–H groups in total. The zero-order valence-electron chi connectivity index (χ0n) is 11.1. The summed E-state index contributed by atoms with van der Waals surface area (Å²) in [7, 11) is 0. The van der Waals surface area contributed by atoms with Crippen molar-refractivity contribution in [2.75, 3.05) is 6.54 Å². The fourth-order valence-electron chi connectivity index (χ4n) is 2.71. The van der Waals surface area contributed by atoms with Crippen LogP contribution in [0.25, 0.3) is 0 Å². The predicted molar refractivity (Wildman–Crippen MR) is 76.4 cm³/mol. The standard InChI is InChI=1S/C15H19ClN2O/c1-9(17-7-10-3-2-4-10)11-5-12-13(14(16)6-11)8-18-15(12)19/h5-6,9-10,17H,2-4,7-8H2,1H3,(H,18,19). The van der Waals surface area contributed by atoms with Gasteiger partial charge in [0.15, 0.2) is 0 Å². The van der Waals surface area contributed by atoms with Crippen molar-refractivity contribution in [1.29, 1.82) is 0 Å². The second-order valence-corrected chi connectivity index (χ2v) is 6.05. The molecule has 1 aromatic rings. The summed E-state index contributed by atoms with van der Waals surface area (Å²) in [5.41, 5.74) is 2.77. The van der Waals surface area contributed by atoms with Crippen LogP contribution in [0.15, 0.2) is 12.1 Å². The number of hydrogen-bond donors (Lipinski definition) is 2. The highest BCUT2D eigenvalue weighted by Gasteiger charge is 2.24. The molecule has 2 aliphatic rings. The number of benzene rings is 1. The third-order valence-corrected chi connectivity index (χ3v) is 4.66. The number of hydrogen-bond acceptors (Lipinski definition) is 2. The van der Waals surface area contributed by atoms with Crippen LogP contribution in [0, 0.1) is 5.92 Å². The van der Waals surface area contributed by atoms with Gasteiger partial charge in [0.1, 0.15) is 0 Å². The number of fused-ring (bicyclic) bond motifs is 1. The number of carbonyl (C=O) groups is 1. The molecule has 3 nitrogen and oxygen atoms in total. The first-order chi connectivity index (χ1) is 9.15. The van der Waals surface area contributed by atoms with E-state index in [1.165, 1.54) is 19.3 Å². The van der Waals surface area contributed by atoms with Gasteiger partial charge in [-0.15, -0.1) is 0 Å². The maximum absolute atomic E-state index is 11.7. The van der Waals surface area contributed by atoms with E-state index in [-0.39, 0.29) is 11.9 Å². The van der Waals surface area contributed by atoms with E-state index in [4.69, 9.17) is 11.6 Å². The molecule has 1 heterocycles. The maximum Gasteiger partial charge on any atom is 0.251 e. The molecule has 1 aliphatic heterocycles. The molecular weight excluding hydrogens is 260 g/mol. The SMILES string of the molecule is CC(NCC1CCC1)c1cc(Cl)c2c(c1)C(=O)NC2. The molecule has 0 saturated heterocycles. The van der Waals surface area contributed by atoms with E-state index in [0.29, 0.717) is 11.6 Å². The lowest BCUT2D eigenvalue weighted by Gasteiger charge is -2.27. The Bertz CT molecular complexity index is 511. The maximum atomic E-state index is 11.7. The Kier molecular flexibility index (Phi) is 3.50. The van der Waals surface area contributed by atoms with Gasteiger partial charge in [-0.1, -0.05) is 18.0 Å². The molecule has 0 aromatic heterocycles. The normalized spacial score (nSPS) is 19.8. The fourth-order valence-corrected chi connectivity index (χ4v) is 3.01. The first-order valence-electron chi connectivity index (χ1n) is 6.99. The molecule has 1 aliphatic carbocycles. The van der Waals surface area contributed by atoms with Gasteiger partial charge in [0, 0.05) is 28.7 Å². The molecule has 3 rings (SSSR count). The van der Waals surface area contributed by atoms with E-state index in [1.807, 2.05) is 12.1 Å². The molecule has 19 heavy (non-hydrogen) atoms. The predicted octanol–water partition coefficient (Wildman–Crippen LogP) is 3.03. The van der Waals surface area contributed by atoms with E-state index in [0.717, 1.165) is 29.2 Å². The van der Waals surface area contributed by atoms with Crippen LogP contribution in [-0.4, -0.2) is 12.5 Å². The van der Waals surface area contributed by atoms with Gasteiger partial charge < -0.3 is 10.6 Å². The first-order valence-corrected chi connectivity index (χ1v) is 7.37. The van der Waals surface area contributed by atoms with Crippen molar-refractivity contribution in [2.45, 2.75) is 38.8 Å². The molecule has 1 atom stereocenters. The highest BCUT2D eigenvalue weighted by atomic mass is 35.5. The largest absolute Gasteiger partial charge is 0.348 e. The van der Waals surface area contributed by atoms with E-state index in [2.05, 4.69) is 17.6 Å². The third-order valence-electron chi connectivity index (χ3n) is 4.33. The lowest BCUT2D eigenvalue weighted by Crippen LogP contribution is -2.29. The van der Waals surface area contributed by atoms with Gasteiger partial charge in [-0.25, -0.2) is 0 Å². The number of carbonyl (C=O) groups excluding carboxylic acids is 1. The van der Waals surface area contributed by atoms with Crippen LogP contribution in [0.4, 0.5) is 0 Å². The van der Waals surface area contributed by atoms with Crippen LogP contribution in [0.3, 0.4) is 0 Å². The molecule has 0 radical (unpaired) electrons. The average Bonchev–Trinajstić information content (AvgIpc) is 2.69. The highest BCUT2D eigenvalue weighted by molar-refractivity contribution is 6.32. The minimum absolute atomic E-state index is 0.00931. The van der Waals surface area contributed by atoms with Gasteiger partial charge in [0.05, 0.1) is 0 Å². The second-order valence-electron chi connectivity index (χ2n) is 5.64. The van der Waals surface area contributed by atoms with E-state index in [1.54, 1.807) is 0 Å². The summed E-state index contributed by atoms with van der Waals surface area (Å²) in [5, 5.41) is 7.06. The topological polar surface area (TPSA) is 41.1 Å². The van der Waals surface area contributed by atoms with Crippen LogP contribution < -0.4 is 10.6 Å². The Morgan fingerprint density at radius 2 is 2.26 bits per heavy atom. The van der Waals surface area contributed by atoms with Crippen molar-refractivity contribution in [3.8, 4) is 0 Å². The zero-order valence-corrected chi connectivity index (χ0v) is 11.9. The van der Waals surface area contributed by atoms with Gasteiger partial charge in [-0.2, -0.15) is 0 Å². The Labute approximate surface area is 118 Å². The van der Waals surface area contributed by atoms with Crippen molar-refractivity contribution in [3.63, 3.8) is 0 Å². The lowest BCUT2D eigenvalue weighted by atomic mass is 9.85. The fraction of sp³-hybridized carbons (Fsp3) is 0.533. The molecule has 102 valence electrons. The van der Waals surface area contributed by atoms with Crippen LogP contribution in [0.5, 0.6) is 0 Å². The van der Waals surface area contributed by atoms with Crippen LogP contribution in [-0.2, 0) is 6.54 Å². The Hall–Kier alpha value is -1.06. The Balaban J connectivity index is 1.74. The van der Waals surface area contributed by atoms with E-state index >= 15 is 0 Å². The van der Waals surface area contributed by atoms with Gasteiger partial charge in [0.2, 0.25) is 0 Å². The minimum Gasteiger partial charge on any atom is -0.348 e. The molecule has 1 unspecified atom stereocenters. The molecule has 4 heteroatoms. The van der Waals surface area contributed by atoms with Gasteiger partial charge >= 0.3 is 0 Å². The van der Waals surface area contributed by atoms with Crippen molar-refractivity contribution < 1.29 is 4.79 Å². The summed E-state index contributed by atoms with van der Waals surface area (Å²) < 4.78 is 0. The average molecular weight is 279 g/mol. The van der Waals surface area contributed by atoms with Crippen molar-refractivity contribution >= 4 is 17.5 Å².